The van der Waals surface area contributed by atoms with Gasteiger partial charge in [-0.3, -0.25) is 10.1 Å². The molecule has 0 saturated heterocycles. The second-order valence-corrected chi connectivity index (χ2v) is 2.73. The van der Waals surface area contributed by atoms with Gasteiger partial charge in [0.1, 0.15) is 0 Å². The van der Waals surface area contributed by atoms with Crippen LogP contribution in [0.5, 0.6) is 5.75 Å². The maximum Gasteiger partial charge on any atom is 0.361 e. The van der Waals surface area contributed by atoms with Gasteiger partial charge in [-0.05, 0) is 6.92 Å². The first-order valence-electron chi connectivity index (χ1n) is 3.90. The molecular formula is C8H8N2O5. The summed E-state index contributed by atoms with van der Waals surface area (Å²) in [6, 6.07) is 0. The van der Waals surface area contributed by atoms with Gasteiger partial charge in [0.25, 0.3) is 0 Å². The molecular weight excluding hydrogens is 204 g/mol. The van der Waals surface area contributed by atoms with Crippen molar-refractivity contribution in [2.45, 2.75) is 6.92 Å². The SMILES string of the molecule is COc1c(C)cnc(C(=O)O)c1[N+](=O)[O-]. The van der Waals surface area contributed by atoms with Crippen LogP contribution in [0.2, 0.25) is 0 Å². The minimum Gasteiger partial charge on any atom is -0.490 e. The third kappa shape index (κ3) is 1.85. The number of methoxy groups -OCH3 is 1. The van der Waals surface area contributed by atoms with Gasteiger partial charge in [-0.2, -0.15) is 0 Å². The summed E-state index contributed by atoms with van der Waals surface area (Å²) in [5, 5.41) is 19.4. The van der Waals surface area contributed by atoms with Crippen molar-refractivity contribution in [1.29, 1.82) is 0 Å². The lowest BCUT2D eigenvalue weighted by molar-refractivity contribution is -0.386. The summed E-state index contributed by atoms with van der Waals surface area (Å²) in [5.74, 6) is -1.53. The minimum absolute atomic E-state index is 0.0765. The molecule has 0 radical (unpaired) electrons. The maximum atomic E-state index is 10.7. The molecule has 0 unspecified atom stereocenters. The Morgan fingerprint density at radius 1 is 1.67 bits per heavy atom. The average Bonchev–Trinajstić information content (AvgIpc) is 2.16. The highest BCUT2D eigenvalue weighted by atomic mass is 16.6. The first-order chi connectivity index (χ1) is 6.99. The Balaban J connectivity index is 3.56. The van der Waals surface area contributed by atoms with Crippen LogP contribution in [0.15, 0.2) is 6.20 Å². The van der Waals surface area contributed by atoms with Crippen LogP contribution in [0.4, 0.5) is 5.69 Å². The monoisotopic (exact) mass is 212 g/mol. The normalized spacial score (nSPS) is 9.73. The molecule has 15 heavy (non-hydrogen) atoms. The topological polar surface area (TPSA) is 103 Å². The van der Waals surface area contributed by atoms with E-state index in [4.69, 9.17) is 9.84 Å². The van der Waals surface area contributed by atoms with Crippen LogP contribution >= 0.6 is 0 Å². The first kappa shape index (κ1) is 10.9. The van der Waals surface area contributed by atoms with Gasteiger partial charge in [-0.25, -0.2) is 9.78 Å². The molecule has 0 spiro atoms. The van der Waals surface area contributed by atoms with E-state index in [2.05, 4.69) is 4.98 Å². The van der Waals surface area contributed by atoms with Gasteiger partial charge in [-0.1, -0.05) is 0 Å². The molecule has 1 N–H and O–H groups in total. The van der Waals surface area contributed by atoms with Gasteiger partial charge < -0.3 is 9.84 Å². The van der Waals surface area contributed by atoms with E-state index in [-0.39, 0.29) is 5.75 Å². The molecule has 0 aliphatic heterocycles. The molecule has 1 rings (SSSR count). The molecule has 0 fully saturated rings. The molecule has 0 aromatic carbocycles. The number of carbonyl (C=O) groups is 1. The van der Waals surface area contributed by atoms with Crippen LogP contribution in [0.25, 0.3) is 0 Å². The molecule has 0 amide bonds. The fraction of sp³-hybridized carbons (Fsp3) is 0.250. The number of carboxylic acid groups (broad SMARTS) is 1. The highest BCUT2D eigenvalue weighted by Crippen LogP contribution is 2.32. The van der Waals surface area contributed by atoms with Crippen LogP contribution in [-0.4, -0.2) is 28.1 Å². The zero-order chi connectivity index (χ0) is 11.6. The number of aryl methyl sites for hydroxylation is 1. The summed E-state index contributed by atoms with van der Waals surface area (Å²) in [7, 11) is 1.24. The third-order valence-corrected chi connectivity index (χ3v) is 1.77. The summed E-state index contributed by atoms with van der Waals surface area (Å²) < 4.78 is 4.78. The molecule has 0 atom stereocenters. The summed E-state index contributed by atoms with van der Waals surface area (Å²) in [4.78, 5) is 24.0. The van der Waals surface area contributed by atoms with Crippen molar-refractivity contribution in [3.05, 3.63) is 27.6 Å². The largest absolute Gasteiger partial charge is 0.490 e. The number of aromatic nitrogens is 1. The molecule has 7 nitrogen and oxygen atoms in total. The molecule has 7 heteroatoms. The second kappa shape index (κ2) is 3.91. The molecule has 0 aliphatic carbocycles. The van der Waals surface area contributed by atoms with Crippen LogP contribution in [0, 0.1) is 17.0 Å². The van der Waals surface area contributed by atoms with Crippen molar-refractivity contribution in [3.8, 4) is 5.75 Å². The van der Waals surface area contributed by atoms with E-state index in [1.165, 1.54) is 13.3 Å². The number of rotatable bonds is 3. The van der Waals surface area contributed by atoms with Crippen LogP contribution in [-0.2, 0) is 0 Å². The Hall–Kier alpha value is -2.18. The first-order valence-corrected chi connectivity index (χ1v) is 3.90. The lowest BCUT2D eigenvalue weighted by Gasteiger charge is -2.05. The summed E-state index contributed by atoms with van der Waals surface area (Å²) >= 11 is 0. The number of hydrogen-bond acceptors (Lipinski definition) is 5. The van der Waals surface area contributed by atoms with Gasteiger partial charge in [0.15, 0.2) is 0 Å². The van der Waals surface area contributed by atoms with Gasteiger partial charge in [-0.15, -0.1) is 0 Å². The number of nitro groups is 1. The Labute approximate surface area is 84.5 Å². The van der Waals surface area contributed by atoms with E-state index in [0.29, 0.717) is 5.56 Å². The Bertz CT molecular complexity index is 429. The summed E-state index contributed by atoms with van der Waals surface area (Å²) in [6.45, 7) is 1.55. The highest BCUT2D eigenvalue weighted by Gasteiger charge is 2.28. The molecule has 1 aromatic heterocycles. The predicted octanol–water partition coefficient (Wildman–Crippen LogP) is 1.01. The van der Waals surface area contributed by atoms with E-state index in [1.54, 1.807) is 6.92 Å². The predicted molar refractivity (Wildman–Crippen MR) is 49.1 cm³/mol. The van der Waals surface area contributed by atoms with Crippen LogP contribution in [0.3, 0.4) is 0 Å². The van der Waals surface area contributed by atoms with E-state index in [1.807, 2.05) is 0 Å². The molecule has 1 heterocycles. The van der Waals surface area contributed by atoms with Crippen molar-refractivity contribution in [3.63, 3.8) is 0 Å². The standard InChI is InChI=1S/C8H8N2O5/c1-4-3-9-5(8(11)12)6(10(13)14)7(4)15-2/h3H,1-2H3,(H,11,12). The number of ether oxygens (including phenoxy) is 1. The third-order valence-electron chi connectivity index (χ3n) is 1.77. The average molecular weight is 212 g/mol. The number of hydrogen-bond donors (Lipinski definition) is 1. The van der Waals surface area contributed by atoms with E-state index in [0.717, 1.165) is 0 Å². The number of pyridine rings is 1. The van der Waals surface area contributed by atoms with Gasteiger partial charge in [0.05, 0.1) is 12.0 Å². The zero-order valence-corrected chi connectivity index (χ0v) is 8.05. The van der Waals surface area contributed by atoms with Crippen molar-refractivity contribution in [1.82, 2.24) is 4.98 Å². The van der Waals surface area contributed by atoms with Gasteiger partial charge in [0.2, 0.25) is 11.4 Å². The van der Waals surface area contributed by atoms with Crippen LogP contribution in [0.1, 0.15) is 16.1 Å². The van der Waals surface area contributed by atoms with Crippen molar-refractivity contribution in [2.24, 2.45) is 0 Å². The second-order valence-electron chi connectivity index (χ2n) is 2.73. The number of aromatic carboxylic acids is 1. The minimum atomic E-state index is -1.46. The molecule has 0 aliphatic rings. The molecule has 1 aromatic rings. The fourth-order valence-electron chi connectivity index (χ4n) is 1.16. The summed E-state index contributed by atoms with van der Waals surface area (Å²) in [5.41, 5.74) is -0.832. The number of carboxylic acids is 1. The summed E-state index contributed by atoms with van der Waals surface area (Å²) in [6.07, 6.45) is 1.22. The van der Waals surface area contributed by atoms with Crippen molar-refractivity contribution in [2.75, 3.05) is 7.11 Å². The molecule has 80 valence electrons. The van der Waals surface area contributed by atoms with Crippen molar-refractivity contribution >= 4 is 11.7 Å². The number of nitrogens with zero attached hydrogens (tertiary/aromatic N) is 2. The fourth-order valence-corrected chi connectivity index (χ4v) is 1.16. The van der Waals surface area contributed by atoms with Gasteiger partial charge in [0, 0.05) is 11.8 Å². The Morgan fingerprint density at radius 3 is 2.67 bits per heavy atom. The smallest absolute Gasteiger partial charge is 0.361 e. The van der Waals surface area contributed by atoms with E-state index >= 15 is 0 Å². The quantitative estimate of drug-likeness (QED) is 0.592. The lowest BCUT2D eigenvalue weighted by Crippen LogP contribution is -2.08. The van der Waals surface area contributed by atoms with E-state index in [9.17, 15) is 14.9 Å². The molecule has 0 saturated carbocycles. The Morgan fingerprint density at radius 2 is 2.27 bits per heavy atom. The zero-order valence-electron chi connectivity index (χ0n) is 8.05. The molecule has 0 bridgehead atoms. The Kier molecular flexibility index (Phi) is 2.84. The van der Waals surface area contributed by atoms with Crippen LogP contribution < -0.4 is 4.74 Å². The highest BCUT2D eigenvalue weighted by molar-refractivity contribution is 5.91. The lowest BCUT2D eigenvalue weighted by atomic mass is 10.2. The van der Waals surface area contributed by atoms with Gasteiger partial charge >= 0.3 is 11.7 Å². The maximum absolute atomic E-state index is 10.7. The van der Waals surface area contributed by atoms with Crippen molar-refractivity contribution < 1.29 is 19.6 Å². The van der Waals surface area contributed by atoms with E-state index < -0.39 is 22.3 Å².